The van der Waals surface area contributed by atoms with Crippen molar-refractivity contribution in [3.8, 4) is 11.5 Å². The fourth-order valence-electron chi connectivity index (χ4n) is 2.55. The summed E-state index contributed by atoms with van der Waals surface area (Å²) in [5.74, 6) is -1.96. The van der Waals surface area contributed by atoms with Crippen molar-refractivity contribution in [2.75, 3.05) is 5.32 Å². The van der Waals surface area contributed by atoms with Gasteiger partial charge in [-0.3, -0.25) is 4.79 Å². The normalized spacial score (nSPS) is 11.8. The summed E-state index contributed by atoms with van der Waals surface area (Å²) in [5, 5.41) is 24.2. The van der Waals surface area contributed by atoms with Gasteiger partial charge in [-0.2, -0.15) is 0 Å². The summed E-state index contributed by atoms with van der Waals surface area (Å²) in [6.07, 6.45) is -1.12. The average molecular weight is 386 g/mol. The number of halogens is 1. The molecule has 3 aromatic rings. The van der Waals surface area contributed by atoms with E-state index in [0.29, 0.717) is 21.5 Å². The number of benzene rings is 3. The van der Waals surface area contributed by atoms with E-state index in [4.69, 9.17) is 16.3 Å². The molecule has 0 radical (unpaired) electrons. The minimum atomic E-state index is -1.12. The smallest absolute Gasteiger partial charge is 0.342 e. The molecule has 0 spiro atoms. The number of ether oxygens (including phenoxy) is 1. The SMILES string of the molecule is C[C@@H](OC(=O)c1cc(O)c2ccccc2c1O)C(=O)Nc1ccc(Cl)cc1. The number of anilines is 1. The number of amides is 1. The number of phenols is 2. The molecule has 0 saturated carbocycles. The maximum Gasteiger partial charge on any atom is 0.342 e. The van der Waals surface area contributed by atoms with Crippen molar-refractivity contribution in [3.63, 3.8) is 0 Å². The van der Waals surface area contributed by atoms with Gasteiger partial charge >= 0.3 is 5.97 Å². The Kier molecular flexibility index (Phi) is 5.19. The molecule has 3 rings (SSSR count). The Morgan fingerprint density at radius 3 is 2.33 bits per heavy atom. The maximum atomic E-state index is 12.4. The number of carbonyl (C=O) groups excluding carboxylic acids is 2. The lowest BCUT2D eigenvalue weighted by atomic mass is 10.0. The molecular formula is C20H16ClNO5. The lowest BCUT2D eigenvalue weighted by Gasteiger charge is -2.15. The van der Waals surface area contributed by atoms with Crippen LogP contribution in [0.4, 0.5) is 5.69 Å². The molecule has 27 heavy (non-hydrogen) atoms. The van der Waals surface area contributed by atoms with Gasteiger partial charge in [-0.15, -0.1) is 0 Å². The summed E-state index contributed by atoms with van der Waals surface area (Å²) in [4.78, 5) is 24.6. The number of hydrogen-bond donors (Lipinski definition) is 3. The number of esters is 1. The lowest BCUT2D eigenvalue weighted by Crippen LogP contribution is -2.30. The van der Waals surface area contributed by atoms with Gasteiger partial charge in [-0.05, 0) is 37.3 Å². The summed E-state index contributed by atoms with van der Waals surface area (Å²) in [6, 6.07) is 14.1. The molecule has 3 N–H and O–H groups in total. The van der Waals surface area contributed by atoms with Gasteiger partial charge in [0, 0.05) is 21.5 Å². The quantitative estimate of drug-likeness (QED) is 0.464. The fourth-order valence-corrected chi connectivity index (χ4v) is 2.68. The van der Waals surface area contributed by atoms with Crippen LogP contribution in [0.2, 0.25) is 5.02 Å². The highest BCUT2D eigenvalue weighted by atomic mass is 35.5. The summed E-state index contributed by atoms with van der Waals surface area (Å²) in [7, 11) is 0. The first kappa shape index (κ1) is 18.5. The zero-order valence-corrected chi connectivity index (χ0v) is 15.0. The average Bonchev–Trinajstić information content (AvgIpc) is 2.66. The van der Waals surface area contributed by atoms with Crippen molar-refractivity contribution in [2.24, 2.45) is 0 Å². The van der Waals surface area contributed by atoms with Gasteiger partial charge in [0.1, 0.15) is 17.1 Å². The highest BCUT2D eigenvalue weighted by Gasteiger charge is 2.23. The van der Waals surface area contributed by atoms with Crippen LogP contribution >= 0.6 is 11.6 Å². The van der Waals surface area contributed by atoms with Crippen LogP contribution in [0.3, 0.4) is 0 Å². The van der Waals surface area contributed by atoms with Crippen molar-refractivity contribution < 1.29 is 24.5 Å². The van der Waals surface area contributed by atoms with Crippen molar-refractivity contribution >= 4 is 39.9 Å². The zero-order valence-electron chi connectivity index (χ0n) is 14.3. The summed E-state index contributed by atoms with van der Waals surface area (Å²) < 4.78 is 5.13. The molecule has 0 fully saturated rings. The first-order valence-electron chi connectivity index (χ1n) is 8.08. The number of aromatic hydroxyl groups is 2. The Hall–Kier alpha value is -3.25. The van der Waals surface area contributed by atoms with Crippen LogP contribution in [0.5, 0.6) is 11.5 Å². The Morgan fingerprint density at radius 2 is 1.67 bits per heavy atom. The van der Waals surface area contributed by atoms with Gasteiger partial charge in [0.25, 0.3) is 5.91 Å². The van der Waals surface area contributed by atoms with Gasteiger partial charge in [-0.25, -0.2) is 4.79 Å². The predicted molar refractivity (Wildman–Crippen MR) is 102 cm³/mol. The molecule has 6 nitrogen and oxygen atoms in total. The number of nitrogens with one attached hydrogen (secondary N) is 1. The third-order valence-electron chi connectivity index (χ3n) is 3.98. The van der Waals surface area contributed by atoms with Gasteiger partial charge in [0.2, 0.25) is 0 Å². The predicted octanol–water partition coefficient (Wildman–Crippen LogP) is 4.09. The Morgan fingerprint density at radius 1 is 1.04 bits per heavy atom. The molecule has 0 aliphatic carbocycles. The summed E-state index contributed by atoms with van der Waals surface area (Å²) >= 11 is 5.79. The number of rotatable bonds is 4. The van der Waals surface area contributed by atoms with E-state index in [-0.39, 0.29) is 17.1 Å². The van der Waals surface area contributed by atoms with Crippen molar-refractivity contribution in [3.05, 3.63) is 65.2 Å². The maximum absolute atomic E-state index is 12.4. The molecule has 0 bridgehead atoms. The monoisotopic (exact) mass is 385 g/mol. The first-order valence-corrected chi connectivity index (χ1v) is 8.45. The lowest BCUT2D eigenvalue weighted by molar-refractivity contribution is -0.123. The minimum Gasteiger partial charge on any atom is -0.507 e. The third-order valence-corrected chi connectivity index (χ3v) is 4.23. The van der Waals surface area contributed by atoms with Crippen LogP contribution < -0.4 is 5.32 Å². The zero-order chi connectivity index (χ0) is 19.6. The van der Waals surface area contributed by atoms with Crippen LogP contribution in [0.1, 0.15) is 17.3 Å². The highest BCUT2D eigenvalue weighted by molar-refractivity contribution is 6.30. The van der Waals surface area contributed by atoms with E-state index in [9.17, 15) is 19.8 Å². The molecule has 1 atom stereocenters. The molecule has 1 amide bonds. The number of phenolic OH excluding ortho intramolecular Hbond substituents is 2. The van der Waals surface area contributed by atoms with Crippen LogP contribution in [0.25, 0.3) is 10.8 Å². The molecular weight excluding hydrogens is 370 g/mol. The molecule has 7 heteroatoms. The molecule has 0 aromatic heterocycles. The van der Waals surface area contributed by atoms with E-state index < -0.39 is 18.0 Å². The second-order valence-corrected chi connectivity index (χ2v) is 6.32. The number of hydrogen-bond acceptors (Lipinski definition) is 5. The largest absolute Gasteiger partial charge is 0.507 e. The van der Waals surface area contributed by atoms with Gasteiger partial charge in [0.05, 0.1) is 0 Å². The van der Waals surface area contributed by atoms with E-state index in [0.717, 1.165) is 6.07 Å². The molecule has 0 heterocycles. The second-order valence-electron chi connectivity index (χ2n) is 5.88. The van der Waals surface area contributed by atoms with Gasteiger partial charge < -0.3 is 20.3 Å². The molecule has 0 saturated heterocycles. The van der Waals surface area contributed by atoms with E-state index in [2.05, 4.69) is 5.32 Å². The highest BCUT2D eigenvalue weighted by Crippen LogP contribution is 2.35. The van der Waals surface area contributed by atoms with E-state index in [1.54, 1.807) is 48.5 Å². The standard InChI is InChI=1S/C20H16ClNO5/c1-11(19(25)22-13-8-6-12(21)7-9-13)27-20(26)16-10-17(23)14-4-2-3-5-15(14)18(16)24/h2-11,23-24H,1H3,(H,22,25)/t11-/m1/s1. The van der Waals surface area contributed by atoms with Crippen LogP contribution in [0, 0.1) is 0 Å². The summed E-state index contributed by atoms with van der Waals surface area (Å²) in [5.41, 5.74) is 0.274. The minimum absolute atomic E-state index is 0.173. The van der Waals surface area contributed by atoms with Crippen LogP contribution in [-0.2, 0) is 9.53 Å². The number of carbonyl (C=O) groups is 2. The molecule has 0 aliphatic heterocycles. The fraction of sp³-hybridized carbons (Fsp3) is 0.100. The van der Waals surface area contributed by atoms with Crippen molar-refractivity contribution in [2.45, 2.75) is 13.0 Å². The molecule has 138 valence electrons. The number of fused-ring (bicyclic) bond motifs is 1. The first-order chi connectivity index (χ1) is 12.9. The molecule has 3 aromatic carbocycles. The summed E-state index contributed by atoms with van der Waals surface area (Å²) in [6.45, 7) is 1.40. The topological polar surface area (TPSA) is 95.9 Å². The van der Waals surface area contributed by atoms with Gasteiger partial charge in [0.15, 0.2) is 6.10 Å². The molecule has 0 unspecified atom stereocenters. The Bertz CT molecular complexity index is 1020. The second kappa shape index (κ2) is 7.55. The van der Waals surface area contributed by atoms with Gasteiger partial charge in [-0.1, -0.05) is 35.9 Å². The van der Waals surface area contributed by atoms with E-state index >= 15 is 0 Å². The molecule has 0 aliphatic rings. The van der Waals surface area contributed by atoms with E-state index in [1.807, 2.05) is 0 Å². The van der Waals surface area contributed by atoms with E-state index in [1.165, 1.54) is 6.92 Å². The third kappa shape index (κ3) is 3.96. The van der Waals surface area contributed by atoms with Crippen LogP contribution in [0.15, 0.2) is 54.6 Å². The van der Waals surface area contributed by atoms with Crippen LogP contribution in [-0.4, -0.2) is 28.2 Å². The van der Waals surface area contributed by atoms with Crippen molar-refractivity contribution in [1.29, 1.82) is 0 Å². The Labute approximate surface area is 160 Å². The Balaban J connectivity index is 1.76. The van der Waals surface area contributed by atoms with Crippen molar-refractivity contribution in [1.82, 2.24) is 0 Å².